The van der Waals surface area contributed by atoms with E-state index in [9.17, 15) is 0 Å². The van der Waals surface area contributed by atoms with Crippen molar-refractivity contribution in [3.8, 4) is 0 Å². The molecule has 2 rings (SSSR count). The molecule has 1 aliphatic heterocycles. The molecule has 1 N–H and O–H groups in total. The molecule has 1 atom stereocenters. The molecule has 4 heteroatoms. The highest BCUT2D eigenvalue weighted by molar-refractivity contribution is 9.10. The Morgan fingerprint density at radius 2 is 2.24 bits per heavy atom. The van der Waals surface area contributed by atoms with Gasteiger partial charge in [-0.15, -0.1) is 0 Å². The molecular formula is C13H17BrN2S. The maximum absolute atomic E-state index is 4.73. The lowest BCUT2D eigenvalue weighted by Gasteiger charge is -2.16. The number of hydrogen-bond acceptors (Lipinski definition) is 2. The lowest BCUT2D eigenvalue weighted by molar-refractivity contribution is 0.535. The lowest BCUT2D eigenvalue weighted by Crippen LogP contribution is -2.37. The Bertz CT molecular complexity index is 443. The summed E-state index contributed by atoms with van der Waals surface area (Å²) in [7, 11) is 0. The van der Waals surface area contributed by atoms with Crippen LogP contribution >= 0.6 is 27.7 Å². The number of amidine groups is 1. The van der Waals surface area contributed by atoms with Crippen molar-refractivity contribution in [1.82, 2.24) is 5.32 Å². The maximum Gasteiger partial charge on any atom is 0.157 e. The summed E-state index contributed by atoms with van der Waals surface area (Å²) in [5.74, 6) is 1.08. The monoisotopic (exact) mass is 312 g/mol. The Kier molecular flexibility index (Phi) is 3.83. The van der Waals surface area contributed by atoms with E-state index in [1.165, 1.54) is 5.56 Å². The van der Waals surface area contributed by atoms with Crippen LogP contribution in [-0.2, 0) is 0 Å². The van der Waals surface area contributed by atoms with Crippen molar-refractivity contribution < 1.29 is 0 Å². The average Bonchev–Trinajstić information content (AvgIpc) is 2.58. The van der Waals surface area contributed by atoms with Gasteiger partial charge < -0.3 is 5.32 Å². The molecule has 1 aromatic rings. The Hall–Kier alpha value is -0.480. The zero-order valence-electron chi connectivity index (χ0n) is 10.3. The molecule has 0 aliphatic carbocycles. The van der Waals surface area contributed by atoms with E-state index in [0.717, 1.165) is 15.4 Å². The highest BCUT2D eigenvalue weighted by Gasteiger charge is 2.27. The van der Waals surface area contributed by atoms with Gasteiger partial charge in [-0.1, -0.05) is 39.8 Å². The summed E-state index contributed by atoms with van der Waals surface area (Å²) in [6, 6.07) is 8.52. The first-order valence-corrected chi connectivity index (χ1v) is 7.48. The third-order valence-electron chi connectivity index (χ3n) is 2.66. The maximum atomic E-state index is 4.73. The van der Waals surface area contributed by atoms with Crippen LogP contribution in [-0.4, -0.2) is 16.5 Å². The average molecular weight is 313 g/mol. The van der Waals surface area contributed by atoms with Crippen LogP contribution in [0.15, 0.2) is 33.7 Å². The fourth-order valence-corrected chi connectivity index (χ4v) is 3.26. The van der Waals surface area contributed by atoms with E-state index in [1.54, 1.807) is 11.8 Å². The molecule has 0 radical (unpaired) electrons. The number of rotatable bonds is 2. The van der Waals surface area contributed by atoms with Gasteiger partial charge in [-0.05, 0) is 38.5 Å². The fraction of sp³-hybridized carbons (Fsp3) is 0.462. The quantitative estimate of drug-likeness (QED) is 0.893. The van der Waals surface area contributed by atoms with Crippen molar-refractivity contribution in [2.45, 2.75) is 32.4 Å². The summed E-state index contributed by atoms with van der Waals surface area (Å²) in [5.41, 5.74) is 1.40. The van der Waals surface area contributed by atoms with Gasteiger partial charge >= 0.3 is 0 Å². The van der Waals surface area contributed by atoms with E-state index >= 15 is 0 Å². The molecule has 1 aliphatic rings. The van der Waals surface area contributed by atoms with Crippen molar-refractivity contribution in [3.05, 3.63) is 34.3 Å². The van der Waals surface area contributed by atoms with E-state index < -0.39 is 0 Å². The summed E-state index contributed by atoms with van der Waals surface area (Å²) in [6.07, 6.45) is 0. The molecule has 2 nitrogen and oxygen atoms in total. The first-order chi connectivity index (χ1) is 7.96. The van der Waals surface area contributed by atoms with Crippen LogP contribution in [0.1, 0.15) is 32.4 Å². The highest BCUT2D eigenvalue weighted by Crippen LogP contribution is 2.26. The Morgan fingerprint density at radius 3 is 2.82 bits per heavy atom. The largest absolute Gasteiger partial charge is 0.359 e. The summed E-state index contributed by atoms with van der Waals surface area (Å²) < 4.78 is 1.11. The summed E-state index contributed by atoms with van der Waals surface area (Å²) >= 11 is 5.30. The third kappa shape index (κ3) is 3.49. The predicted molar refractivity (Wildman–Crippen MR) is 79.7 cm³/mol. The topological polar surface area (TPSA) is 24.4 Å². The van der Waals surface area contributed by atoms with Crippen LogP contribution in [0, 0.1) is 0 Å². The smallest absolute Gasteiger partial charge is 0.157 e. The molecule has 1 fully saturated rings. The molecule has 1 heterocycles. The van der Waals surface area contributed by atoms with Gasteiger partial charge in [-0.25, -0.2) is 0 Å². The fourth-order valence-electron chi connectivity index (χ4n) is 1.70. The first-order valence-electron chi connectivity index (χ1n) is 5.70. The molecule has 0 amide bonds. The number of nitrogens with zero attached hydrogens (tertiary/aromatic N) is 1. The minimum atomic E-state index is 0.167. The molecule has 17 heavy (non-hydrogen) atoms. The van der Waals surface area contributed by atoms with Crippen molar-refractivity contribution in [2.24, 2.45) is 4.99 Å². The van der Waals surface area contributed by atoms with Crippen LogP contribution in [0.4, 0.5) is 0 Å². The Balaban J connectivity index is 2.12. The molecule has 1 saturated heterocycles. The second-order valence-electron chi connectivity index (χ2n) is 4.96. The van der Waals surface area contributed by atoms with E-state index in [1.807, 2.05) is 6.07 Å². The zero-order chi connectivity index (χ0) is 12.5. The molecule has 0 spiro atoms. The molecule has 0 aromatic heterocycles. The minimum absolute atomic E-state index is 0.167. The minimum Gasteiger partial charge on any atom is -0.359 e. The van der Waals surface area contributed by atoms with E-state index in [0.29, 0.717) is 0 Å². The SMILES string of the molecule is CC(N=C1NC(C)(C)CS1)c1cccc(Br)c1. The second-order valence-corrected chi connectivity index (χ2v) is 6.84. The second kappa shape index (κ2) is 5.02. The highest BCUT2D eigenvalue weighted by atomic mass is 79.9. The third-order valence-corrected chi connectivity index (χ3v) is 4.50. The van der Waals surface area contributed by atoms with E-state index in [2.05, 4.69) is 60.2 Å². The predicted octanol–water partition coefficient (Wildman–Crippen LogP) is 3.98. The van der Waals surface area contributed by atoms with Gasteiger partial charge in [0, 0.05) is 15.8 Å². The van der Waals surface area contributed by atoms with Gasteiger partial charge in [0.15, 0.2) is 5.17 Å². The number of hydrogen-bond donors (Lipinski definition) is 1. The van der Waals surface area contributed by atoms with Crippen molar-refractivity contribution in [1.29, 1.82) is 0 Å². The van der Waals surface area contributed by atoms with Crippen LogP contribution in [0.25, 0.3) is 0 Å². The molecule has 0 saturated carbocycles. The Morgan fingerprint density at radius 1 is 1.47 bits per heavy atom. The number of thioether (sulfide) groups is 1. The standard InChI is InChI=1S/C13H17BrN2S/c1-9(10-5-4-6-11(14)7-10)15-12-16-13(2,3)8-17-12/h4-7,9H,8H2,1-3H3,(H,15,16). The van der Waals surface area contributed by atoms with Gasteiger partial charge in [0.2, 0.25) is 0 Å². The Labute approximate surface area is 115 Å². The van der Waals surface area contributed by atoms with Crippen LogP contribution in [0.5, 0.6) is 0 Å². The number of halogens is 1. The first kappa shape index (κ1) is 13.0. The summed E-state index contributed by atoms with van der Waals surface area (Å²) in [4.78, 5) is 4.73. The molecule has 1 unspecified atom stereocenters. The zero-order valence-corrected chi connectivity index (χ0v) is 12.7. The normalized spacial score (nSPS) is 22.5. The lowest BCUT2D eigenvalue weighted by atomic mass is 10.1. The van der Waals surface area contributed by atoms with Gasteiger partial charge in [-0.2, -0.15) is 0 Å². The molecular weight excluding hydrogens is 296 g/mol. The van der Waals surface area contributed by atoms with Crippen LogP contribution < -0.4 is 5.32 Å². The summed E-state index contributed by atoms with van der Waals surface area (Å²) in [6.45, 7) is 6.53. The molecule has 0 bridgehead atoms. The van der Waals surface area contributed by atoms with Crippen molar-refractivity contribution >= 4 is 32.9 Å². The van der Waals surface area contributed by atoms with Gasteiger partial charge in [0.25, 0.3) is 0 Å². The van der Waals surface area contributed by atoms with Crippen LogP contribution in [0.3, 0.4) is 0 Å². The van der Waals surface area contributed by atoms with Crippen molar-refractivity contribution in [3.63, 3.8) is 0 Å². The molecule has 92 valence electrons. The number of aliphatic imine (C=N–C) groups is 1. The summed E-state index contributed by atoms with van der Waals surface area (Å²) in [5, 5.41) is 4.50. The van der Waals surface area contributed by atoms with Gasteiger partial charge in [0.1, 0.15) is 0 Å². The van der Waals surface area contributed by atoms with E-state index in [-0.39, 0.29) is 11.6 Å². The van der Waals surface area contributed by atoms with E-state index in [4.69, 9.17) is 4.99 Å². The van der Waals surface area contributed by atoms with Gasteiger partial charge in [0.05, 0.1) is 6.04 Å². The van der Waals surface area contributed by atoms with Gasteiger partial charge in [-0.3, -0.25) is 4.99 Å². The van der Waals surface area contributed by atoms with Crippen LogP contribution in [0.2, 0.25) is 0 Å². The molecule has 1 aromatic carbocycles. The number of benzene rings is 1. The van der Waals surface area contributed by atoms with Crippen molar-refractivity contribution in [2.75, 3.05) is 5.75 Å². The number of nitrogens with one attached hydrogen (secondary N) is 1.